The lowest BCUT2D eigenvalue weighted by Crippen LogP contribution is -2.26. The molecule has 27 heavy (non-hydrogen) atoms. The quantitative estimate of drug-likeness (QED) is 0.664. The van der Waals surface area contributed by atoms with Crippen molar-refractivity contribution in [1.82, 2.24) is 10.3 Å². The molecule has 0 radical (unpaired) electrons. The van der Waals surface area contributed by atoms with Gasteiger partial charge in [0.05, 0.1) is 11.9 Å². The van der Waals surface area contributed by atoms with Gasteiger partial charge in [0, 0.05) is 13.1 Å². The fourth-order valence-electron chi connectivity index (χ4n) is 2.72. The molecule has 0 aliphatic heterocycles. The first kappa shape index (κ1) is 18.6. The topological polar surface area (TPSA) is 54.0 Å². The number of nitrogens with one attached hydrogen (secondary N) is 2. The highest BCUT2D eigenvalue weighted by atomic mass is 19.1. The second-order valence-electron chi connectivity index (χ2n) is 6.41. The van der Waals surface area contributed by atoms with E-state index in [-0.39, 0.29) is 11.7 Å². The van der Waals surface area contributed by atoms with Crippen LogP contribution in [0.1, 0.15) is 27.2 Å². The predicted octanol–water partition coefficient (Wildman–Crippen LogP) is 4.11. The molecule has 1 aromatic heterocycles. The monoisotopic (exact) mass is 363 g/mol. The molecule has 138 valence electrons. The van der Waals surface area contributed by atoms with E-state index in [4.69, 9.17) is 0 Å². The Hall–Kier alpha value is -3.21. The van der Waals surface area contributed by atoms with E-state index in [1.165, 1.54) is 23.3 Å². The van der Waals surface area contributed by atoms with Crippen LogP contribution in [0.4, 0.5) is 10.1 Å². The van der Waals surface area contributed by atoms with Gasteiger partial charge in [-0.05, 0) is 48.7 Å². The van der Waals surface area contributed by atoms with Crippen LogP contribution in [-0.4, -0.2) is 17.4 Å². The van der Waals surface area contributed by atoms with E-state index in [0.717, 1.165) is 11.3 Å². The van der Waals surface area contributed by atoms with Gasteiger partial charge in [0.15, 0.2) is 0 Å². The van der Waals surface area contributed by atoms with Gasteiger partial charge < -0.3 is 10.6 Å². The van der Waals surface area contributed by atoms with Gasteiger partial charge in [-0.15, -0.1) is 0 Å². The Balaban J connectivity index is 1.47. The first-order valence-corrected chi connectivity index (χ1v) is 8.88. The lowest BCUT2D eigenvalue weighted by Gasteiger charge is -2.08. The molecule has 4 nitrogen and oxygen atoms in total. The molecule has 1 heterocycles. The number of halogens is 1. The molecule has 0 aliphatic carbocycles. The van der Waals surface area contributed by atoms with Gasteiger partial charge in [-0.3, -0.25) is 4.79 Å². The molecule has 2 aromatic carbocycles. The molecule has 0 unspecified atom stereocenters. The van der Waals surface area contributed by atoms with E-state index in [0.29, 0.717) is 25.2 Å². The molecule has 3 rings (SSSR count). The van der Waals surface area contributed by atoms with Gasteiger partial charge in [0.1, 0.15) is 11.5 Å². The van der Waals surface area contributed by atoms with Crippen LogP contribution in [0, 0.1) is 12.7 Å². The molecular weight excluding hydrogens is 341 g/mol. The van der Waals surface area contributed by atoms with Crippen LogP contribution in [0.25, 0.3) is 0 Å². The van der Waals surface area contributed by atoms with Crippen LogP contribution in [0.2, 0.25) is 0 Å². The summed E-state index contributed by atoms with van der Waals surface area (Å²) in [5.41, 5.74) is 4.62. The lowest BCUT2D eigenvalue weighted by molar-refractivity contribution is 0.0949. The minimum Gasteiger partial charge on any atom is -0.380 e. The SMILES string of the molecule is Cc1cccc(CNc2ccc(C(=O)NCCc3ccc(F)cc3)nc2)c1. The summed E-state index contributed by atoms with van der Waals surface area (Å²) in [6.45, 7) is 3.24. The number of anilines is 1. The Bertz CT molecular complexity index is 892. The number of carbonyl (C=O) groups excluding carboxylic acids is 1. The summed E-state index contributed by atoms with van der Waals surface area (Å²) in [4.78, 5) is 16.4. The lowest BCUT2D eigenvalue weighted by atomic mass is 10.1. The Morgan fingerprint density at radius 3 is 2.56 bits per heavy atom. The molecule has 5 heteroatoms. The second-order valence-corrected chi connectivity index (χ2v) is 6.41. The summed E-state index contributed by atoms with van der Waals surface area (Å²) in [5, 5.41) is 6.13. The highest BCUT2D eigenvalue weighted by Gasteiger charge is 2.06. The zero-order chi connectivity index (χ0) is 19.1. The molecule has 0 spiro atoms. The fraction of sp³-hybridized carbons (Fsp3) is 0.182. The number of nitrogens with zero attached hydrogens (tertiary/aromatic N) is 1. The van der Waals surface area contributed by atoms with Crippen molar-refractivity contribution in [3.8, 4) is 0 Å². The van der Waals surface area contributed by atoms with Gasteiger partial charge in [0.2, 0.25) is 0 Å². The highest BCUT2D eigenvalue weighted by molar-refractivity contribution is 5.92. The smallest absolute Gasteiger partial charge is 0.269 e. The van der Waals surface area contributed by atoms with Crippen molar-refractivity contribution >= 4 is 11.6 Å². The number of carbonyl (C=O) groups is 1. The third-order valence-corrected chi connectivity index (χ3v) is 4.19. The molecule has 0 fully saturated rings. The zero-order valence-corrected chi connectivity index (χ0v) is 15.2. The summed E-state index contributed by atoms with van der Waals surface area (Å²) >= 11 is 0. The normalized spacial score (nSPS) is 10.4. The maximum atomic E-state index is 12.9. The van der Waals surface area contributed by atoms with Crippen LogP contribution in [0.15, 0.2) is 66.9 Å². The van der Waals surface area contributed by atoms with E-state index in [9.17, 15) is 9.18 Å². The molecule has 0 aliphatic rings. The molecule has 0 bridgehead atoms. The molecule has 2 N–H and O–H groups in total. The van der Waals surface area contributed by atoms with Crippen LogP contribution in [-0.2, 0) is 13.0 Å². The van der Waals surface area contributed by atoms with Crippen LogP contribution in [0.5, 0.6) is 0 Å². The third-order valence-electron chi connectivity index (χ3n) is 4.19. The van der Waals surface area contributed by atoms with E-state index in [2.05, 4.69) is 40.7 Å². The molecule has 0 saturated heterocycles. The van der Waals surface area contributed by atoms with Crippen LogP contribution >= 0.6 is 0 Å². The molecule has 0 atom stereocenters. The van der Waals surface area contributed by atoms with E-state index in [1.54, 1.807) is 24.4 Å². The van der Waals surface area contributed by atoms with Crippen molar-refractivity contribution in [2.75, 3.05) is 11.9 Å². The Morgan fingerprint density at radius 2 is 1.85 bits per heavy atom. The van der Waals surface area contributed by atoms with Gasteiger partial charge in [0.25, 0.3) is 5.91 Å². The number of hydrogen-bond donors (Lipinski definition) is 2. The number of rotatable bonds is 7. The summed E-state index contributed by atoms with van der Waals surface area (Å²) in [7, 11) is 0. The Labute approximate surface area is 158 Å². The minimum atomic E-state index is -0.261. The first-order chi connectivity index (χ1) is 13.1. The number of hydrogen-bond acceptors (Lipinski definition) is 3. The maximum Gasteiger partial charge on any atom is 0.269 e. The summed E-state index contributed by atoms with van der Waals surface area (Å²) in [5.74, 6) is -0.481. The number of amides is 1. The van der Waals surface area contributed by atoms with Crippen LogP contribution in [0.3, 0.4) is 0 Å². The fourth-order valence-corrected chi connectivity index (χ4v) is 2.72. The van der Waals surface area contributed by atoms with E-state index < -0.39 is 0 Å². The van der Waals surface area contributed by atoms with E-state index >= 15 is 0 Å². The predicted molar refractivity (Wildman–Crippen MR) is 105 cm³/mol. The molecule has 1 amide bonds. The van der Waals surface area contributed by atoms with Gasteiger partial charge in [-0.25, -0.2) is 9.37 Å². The standard InChI is InChI=1S/C22H22FN3O/c1-16-3-2-4-18(13-16)14-25-20-9-10-21(26-15-20)22(27)24-12-11-17-5-7-19(23)8-6-17/h2-10,13,15,25H,11-12,14H2,1H3,(H,24,27). The number of aromatic nitrogens is 1. The first-order valence-electron chi connectivity index (χ1n) is 8.88. The van der Waals surface area contributed by atoms with Crippen molar-refractivity contribution in [3.63, 3.8) is 0 Å². The highest BCUT2D eigenvalue weighted by Crippen LogP contribution is 2.10. The average molecular weight is 363 g/mol. The zero-order valence-electron chi connectivity index (χ0n) is 15.2. The van der Waals surface area contributed by atoms with E-state index in [1.807, 2.05) is 12.1 Å². The minimum absolute atomic E-state index is 0.220. The second kappa shape index (κ2) is 8.94. The Morgan fingerprint density at radius 1 is 1.04 bits per heavy atom. The van der Waals surface area contributed by atoms with Crippen molar-refractivity contribution in [2.45, 2.75) is 19.9 Å². The van der Waals surface area contributed by atoms with Gasteiger partial charge in [-0.2, -0.15) is 0 Å². The van der Waals surface area contributed by atoms with Crippen molar-refractivity contribution in [2.24, 2.45) is 0 Å². The number of benzene rings is 2. The maximum absolute atomic E-state index is 12.9. The van der Waals surface area contributed by atoms with Crippen LogP contribution < -0.4 is 10.6 Å². The number of pyridine rings is 1. The average Bonchev–Trinajstić information content (AvgIpc) is 2.68. The summed E-state index contributed by atoms with van der Waals surface area (Å²) in [6.07, 6.45) is 2.30. The Kier molecular flexibility index (Phi) is 6.15. The van der Waals surface area contributed by atoms with Crippen molar-refractivity contribution in [1.29, 1.82) is 0 Å². The van der Waals surface area contributed by atoms with Crippen molar-refractivity contribution < 1.29 is 9.18 Å². The molecular formula is C22H22FN3O. The van der Waals surface area contributed by atoms with Crippen molar-refractivity contribution in [3.05, 3.63) is 95.1 Å². The summed E-state index contributed by atoms with van der Waals surface area (Å²) in [6, 6.07) is 18.1. The molecule has 0 saturated carbocycles. The summed E-state index contributed by atoms with van der Waals surface area (Å²) < 4.78 is 12.9. The molecule has 3 aromatic rings. The largest absolute Gasteiger partial charge is 0.380 e. The van der Waals surface area contributed by atoms with Gasteiger partial charge >= 0.3 is 0 Å². The van der Waals surface area contributed by atoms with Gasteiger partial charge in [-0.1, -0.05) is 42.0 Å². The third kappa shape index (κ3) is 5.64. The number of aryl methyl sites for hydroxylation is 1.